The van der Waals surface area contributed by atoms with E-state index in [1.54, 1.807) is 12.4 Å². The first kappa shape index (κ1) is 21.5. The van der Waals surface area contributed by atoms with Gasteiger partial charge in [-0.05, 0) is 55.4 Å². The molecule has 2 atom stereocenters. The molecule has 0 radical (unpaired) electrons. The molecule has 0 aliphatic carbocycles. The van der Waals surface area contributed by atoms with Crippen LogP contribution in [0.1, 0.15) is 6.42 Å². The number of nitrogens with one attached hydrogen (secondary N) is 1. The third kappa shape index (κ3) is 3.20. The Bertz CT molecular complexity index is 1800. The van der Waals surface area contributed by atoms with Gasteiger partial charge in [0.1, 0.15) is 5.69 Å². The zero-order valence-electron chi connectivity index (χ0n) is 21.0. The maximum atomic E-state index is 5.18. The Kier molecular flexibility index (Phi) is 4.66. The Balaban J connectivity index is 1.33. The van der Waals surface area contributed by atoms with Gasteiger partial charge in [0.25, 0.3) is 0 Å². The smallest absolute Gasteiger partial charge is 0.164 e. The Morgan fingerprint density at radius 2 is 1.79 bits per heavy atom. The van der Waals surface area contributed by atoms with Gasteiger partial charge in [-0.3, -0.25) is 15.0 Å². The lowest BCUT2D eigenvalue weighted by molar-refractivity contribution is 0.292. The van der Waals surface area contributed by atoms with Gasteiger partial charge in [0.2, 0.25) is 0 Å². The molecule has 186 valence electrons. The van der Waals surface area contributed by atoms with Crippen molar-refractivity contribution in [3.05, 3.63) is 85.5 Å². The second kappa shape index (κ2) is 8.22. The largest absolute Gasteiger partial charge is 0.366 e. The van der Waals surface area contributed by atoms with Crippen molar-refractivity contribution in [1.82, 2.24) is 34.7 Å². The van der Waals surface area contributed by atoms with Crippen molar-refractivity contribution >= 4 is 22.2 Å². The van der Waals surface area contributed by atoms with E-state index >= 15 is 0 Å². The Labute approximate surface area is 219 Å². The van der Waals surface area contributed by atoms with Crippen molar-refractivity contribution in [2.45, 2.75) is 18.5 Å². The zero-order valence-corrected chi connectivity index (χ0v) is 21.0. The number of likely N-dealkylation sites (N-methyl/N-ethyl adjacent to an activating group) is 1. The molecule has 8 rings (SSSR count). The van der Waals surface area contributed by atoms with Crippen molar-refractivity contribution < 1.29 is 0 Å². The first-order chi connectivity index (χ1) is 18.7. The van der Waals surface area contributed by atoms with E-state index in [9.17, 15) is 0 Å². The molecule has 0 spiro atoms. The average Bonchev–Trinajstić information content (AvgIpc) is 3.75. The molecule has 2 fully saturated rings. The fourth-order valence-electron chi connectivity index (χ4n) is 6.34. The molecule has 38 heavy (non-hydrogen) atoms. The van der Waals surface area contributed by atoms with Crippen molar-refractivity contribution in [3.8, 4) is 33.6 Å². The second-order valence-electron chi connectivity index (χ2n) is 10.3. The highest BCUT2D eigenvalue weighted by Crippen LogP contribution is 2.40. The lowest BCUT2D eigenvalue weighted by atomic mass is 9.99. The summed E-state index contributed by atoms with van der Waals surface area (Å²) in [5.74, 6) is 0. The van der Waals surface area contributed by atoms with Crippen LogP contribution in [0, 0.1) is 0 Å². The summed E-state index contributed by atoms with van der Waals surface area (Å²) in [6.45, 7) is 2.22. The van der Waals surface area contributed by atoms with Gasteiger partial charge in [0.15, 0.2) is 5.65 Å². The molecule has 8 nitrogen and oxygen atoms in total. The first-order valence-electron chi connectivity index (χ1n) is 13.0. The Morgan fingerprint density at radius 3 is 2.63 bits per heavy atom. The number of pyridine rings is 1. The third-order valence-corrected chi connectivity index (χ3v) is 8.21. The number of piperazine rings is 1. The second-order valence-corrected chi connectivity index (χ2v) is 10.3. The minimum atomic E-state index is 0.586. The molecule has 0 amide bonds. The molecule has 2 aromatic carbocycles. The third-order valence-electron chi connectivity index (χ3n) is 8.21. The van der Waals surface area contributed by atoms with Gasteiger partial charge < -0.3 is 4.90 Å². The lowest BCUT2D eigenvalue weighted by Gasteiger charge is -2.33. The number of aromatic nitrogens is 6. The molecule has 0 saturated carbocycles. The number of rotatable bonds is 4. The van der Waals surface area contributed by atoms with Crippen LogP contribution in [0.25, 0.3) is 50.2 Å². The van der Waals surface area contributed by atoms with Crippen LogP contribution < -0.4 is 4.90 Å². The summed E-state index contributed by atoms with van der Waals surface area (Å²) >= 11 is 0. The van der Waals surface area contributed by atoms with Gasteiger partial charge in [0.05, 0.1) is 23.0 Å². The highest BCUT2D eigenvalue weighted by Gasteiger charge is 2.41. The molecule has 1 N–H and O–H groups in total. The van der Waals surface area contributed by atoms with Gasteiger partial charge >= 0.3 is 0 Å². The zero-order chi connectivity index (χ0) is 25.2. The van der Waals surface area contributed by atoms with E-state index in [0.717, 1.165) is 63.3 Å². The number of anilines is 1. The van der Waals surface area contributed by atoms with E-state index in [-0.39, 0.29) is 0 Å². The number of nitrogens with zero attached hydrogens (tertiary/aromatic N) is 7. The van der Waals surface area contributed by atoms with Gasteiger partial charge in [-0.15, -0.1) is 0 Å². The molecule has 6 heterocycles. The van der Waals surface area contributed by atoms with E-state index in [0.29, 0.717) is 12.1 Å². The van der Waals surface area contributed by atoms with E-state index in [1.165, 1.54) is 12.1 Å². The van der Waals surface area contributed by atoms with Gasteiger partial charge in [-0.1, -0.05) is 24.3 Å². The number of benzene rings is 2. The summed E-state index contributed by atoms with van der Waals surface area (Å²) in [4.78, 5) is 14.2. The van der Waals surface area contributed by atoms with E-state index in [4.69, 9.17) is 10.1 Å². The predicted octanol–water partition coefficient (Wildman–Crippen LogP) is 4.89. The number of aromatic amines is 1. The summed E-state index contributed by atoms with van der Waals surface area (Å²) in [7, 11) is 2.24. The van der Waals surface area contributed by atoms with Crippen LogP contribution >= 0.6 is 0 Å². The molecule has 0 unspecified atom stereocenters. The molecule has 2 bridgehead atoms. The molecular formula is C30H26N8. The van der Waals surface area contributed by atoms with Crippen LogP contribution in [0.5, 0.6) is 0 Å². The fraction of sp³-hybridized carbons (Fsp3) is 0.200. The summed E-state index contributed by atoms with van der Waals surface area (Å²) in [6.07, 6.45) is 8.62. The maximum Gasteiger partial charge on any atom is 0.164 e. The molecule has 2 saturated heterocycles. The van der Waals surface area contributed by atoms with Gasteiger partial charge in [-0.25, -0.2) is 9.50 Å². The Hall–Kier alpha value is -4.56. The van der Waals surface area contributed by atoms with Crippen LogP contribution in [0.15, 0.2) is 85.5 Å². The van der Waals surface area contributed by atoms with E-state index < -0.39 is 0 Å². The van der Waals surface area contributed by atoms with Crippen LogP contribution in [-0.2, 0) is 0 Å². The van der Waals surface area contributed by atoms with Crippen LogP contribution in [0.2, 0.25) is 0 Å². The topological polar surface area (TPSA) is 78.2 Å². The minimum absolute atomic E-state index is 0.586. The fourth-order valence-corrected chi connectivity index (χ4v) is 6.34. The molecule has 6 aromatic rings. The van der Waals surface area contributed by atoms with E-state index in [2.05, 4.69) is 68.4 Å². The molecule has 8 heteroatoms. The predicted molar refractivity (Wildman–Crippen MR) is 149 cm³/mol. The molecule has 4 aromatic heterocycles. The molecule has 2 aliphatic rings. The summed E-state index contributed by atoms with van der Waals surface area (Å²) in [5, 5.41) is 13.6. The van der Waals surface area contributed by atoms with Crippen LogP contribution in [0.3, 0.4) is 0 Å². The van der Waals surface area contributed by atoms with Crippen molar-refractivity contribution in [2.24, 2.45) is 0 Å². The standard InChI is InChI=1S/C30H26N8/c1-36-17-23-15-22(36)18-37(23)21-5-2-4-20(14-21)27-10-13-32-30-28(24-6-3-7-26-25(24)16-33-34-26)29(35-38(27)30)19-8-11-31-12-9-19/h2-14,16,22-23H,15,17-18H2,1H3,(H,33,34)/t22-,23-/m0/s1. The number of likely N-dealkylation sites (tertiary alicyclic amines) is 1. The molecule has 2 aliphatic heterocycles. The molecular weight excluding hydrogens is 472 g/mol. The van der Waals surface area contributed by atoms with Crippen LogP contribution in [0.4, 0.5) is 5.69 Å². The van der Waals surface area contributed by atoms with Crippen LogP contribution in [-0.4, -0.2) is 66.9 Å². The van der Waals surface area contributed by atoms with Crippen molar-refractivity contribution in [3.63, 3.8) is 0 Å². The quantitative estimate of drug-likeness (QED) is 0.373. The number of fused-ring (bicyclic) bond motifs is 4. The Morgan fingerprint density at radius 1 is 0.895 bits per heavy atom. The monoisotopic (exact) mass is 498 g/mol. The highest BCUT2D eigenvalue weighted by molar-refractivity contribution is 6.02. The highest BCUT2D eigenvalue weighted by atomic mass is 15.3. The first-order valence-corrected chi connectivity index (χ1v) is 13.0. The summed E-state index contributed by atoms with van der Waals surface area (Å²) in [6, 6.07) is 22.4. The van der Waals surface area contributed by atoms with Crippen molar-refractivity contribution in [2.75, 3.05) is 25.0 Å². The number of hydrogen-bond acceptors (Lipinski definition) is 6. The van der Waals surface area contributed by atoms with Gasteiger partial charge in [-0.2, -0.15) is 10.2 Å². The number of H-pyrrole nitrogens is 1. The number of hydrogen-bond donors (Lipinski definition) is 1. The average molecular weight is 499 g/mol. The SMILES string of the molecule is CN1C[C@@H]2C[C@H]1CN2c1cccc(-c2ccnc3c(-c4cccc5[nH]ncc45)c(-c4ccncc4)nn23)c1. The lowest BCUT2D eigenvalue weighted by Crippen LogP contribution is -2.44. The minimum Gasteiger partial charge on any atom is -0.366 e. The summed E-state index contributed by atoms with van der Waals surface area (Å²) in [5.41, 5.74) is 9.12. The van der Waals surface area contributed by atoms with E-state index in [1.807, 2.05) is 41.2 Å². The normalized spacial score (nSPS) is 19.2. The van der Waals surface area contributed by atoms with Crippen molar-refractivity contribution in [1.29, 1.82) is 0 Å². The maximum absolute atomic E-state index is 5.18. The summed E-state index contributed by atoms with van der Waals surface area (Å²) < 4.78 is 1.99. The van der Waals surface area contributed by atoms with Gasteiger partial charge in [0, 0.05) is 66.0 Å².